The van der Waals surface area contributed by atoms with Gasteiger partial charge in [-0.15, -0.1) is 0 Å². The Morgan fingerprint density at radius 1 is 1.56 bits per heavy atom. The second-order valence-corrected chi connectivity index (χ2v) is 4.49. The van der Waals surface area contributed by atoms with Crippen LogP contribution in [-0.2, 0) is 6.54 Å². The van der Waals surface area contributed by atoms with E-state index in [4.69, 9.17) is 4.52 Å². The zero-order valence-electron chi connectivity index (χ0n) is 9.43. The lowest BCUT2D eigenvalue weighted by atomic mass is 10.2. The van der Waals surface area contributed by atoms with E-state index in [2.05, 4.69) is 29.3 Å². The Morgan fingerprint density at radius 2 is 2.44 bits per heavy atom. The molecule has 0 aliphatic carbocycles. The van der Waals surface area contributed by atoms with Gasteiger partial charge in [0.1, 0.15) is 0 Å². The van der Waals surface area contributed by atoms with Crippen molar-refractivity contribution in [2.24, 2.45) is 0 Å². The van der Waals surface area contributed by atoms with Crippen molar-refractivity contribution >= 4 is 11.3 Å². The average Bonchev–Trinajstić information content (AvgIpc) is 2.95. The number of thiophene rings is 1. The number of nitrogens with zero attached hydrogens (tertiary/aromatic N) is 2. The summed E-state index contributed by atoms with van der Waals surface area (Å²) in [6, 6.07) is 2.46. The maximum absolute atomic E-state index is 5.16. The third kappa shape index (κ3) is 2.68. The number of rotatable bonds is 5. The molecule has 1 N–H and O–H groups in total. The van der Waals surface area contributed by atoms with E-state index in [1.807, 2.05) is 16.8 Å². The summed E-state index contributed by atoms with van der Waals surface area (Å²) in [5.74, 6) is 1.31. The summed E-state index contributed by atoms with van der Waals surface area (Å²) >= 11 is 1.63. The summed E-state index contributed by atoms with van der Waals surface area (Å²) in [6.07, 6.45) is 1.09. The van der Waals surface area contributed by atoms with Crippen LogP contribution in [-0.4, -0.2) is 16.2 Å². The molecule has 2 heterocycles. The van der Waals surface area contributed by atoms with Gasteiger partial charge < -0.3 is 9.84 Å². The van der Waals surface area contributed by atoms with Gasteiger partial charge in [-0.25, -0.2) is 0 Å². The van der Waals surface area contributed by atoms with Gasteiger partial charge in [-0.2, -0.15) is 16.3 Å². The van der Waals surface area contributed by atoms with E-state index < -0.39 is 0 Å². The fourth-order valence-corrected chi connectivity index (χ4v) is 1.88. The van der Waals surface area contributed by atoms with Crippen LogP contribution in [0.1, 0.15) is 26.2 Å². The molecule has 0 fully saturated rings. The Hall–Kier alpha value is -1.20. The molecule has 0 radical (unpaired) electrons. The Balaban J connectivity index is 1.98. The summed E-state index contributed by atoms with van der Waals surface area (Å²) in [4.78, 5) is 4.33. The maximum atomic E-state index is 5.16. The molecule has 2 aromatic rings. The van der Waals surface area contributed by atoms with Gasteiger partial charge in [-0.1, -0.05) is 12.1 Å². The predicted molar refractivity (Wildman–Crippen MR) is 64.2 cm³/mol. The highest BCUT2D eigenvalue weighted by Crippen LogP contribution is 2.18. The Labute approximate surface area is 98.7 Å². The fraction of sp³-hybridized carbons (Fsp3) is 0.455. The molecule has 1 atom stereocenters. The summed E-state index contributed by atoms with van der Waals surface area (Å²) in [6.45, 7) is 4.91. The fourth-order valence-electron chi connectivity index (χ4n) is 1.24. The van der Waals surface area contributed by atoms with E-state index in [1.165, 1.54) is 0 Å². The van der Waals surface area contributed by atoms with Gasteiger partial charge >= 0.3 is 0 Å². The first-order valence-corrected chi connectivity index (χ1v) is 6.32. The van der Waals surface area contributed by atoms with Crippen molar-refractivity contribution in [2.45, 2.75) is 32.9 Å². The molecule has 4 nitrogen and oxygen atoms in total. The standard InChI is InChI=1S/C11H15N3OS/c1-3-8(2)12-6-10-13-11(14-15-10)9-4-5-16-7-9/h4-5,7-8,12H,3,6H2,1-2H3. The molecule has 0 saturated heterocycles. The van der Waals surface area contributed by atoms with Crippen molar-refractivity contribution in [3.8, 4) is 11.4 Å². The van der Waals surface area contributed by atoms with Crippen molar-refractivity contribution in [1.82, 2.24) is 15.5 Å². The van der Waals surface area contributed by atoms with Crippen LogP contribution in [0, 0.1) is 0 Å². The van der Waals surface area contributed by atoms with Crippen LogP contribution >= 0.6 is 11.3 Å². The molecule has 1 unspecified atom stereocenters. The average molecular weight is 237 g/mol. The predicted octanol–water partition coefficient (Wildman–Crippen LogP) is 2.69. The van der Waals surface area contributed by atoms with Crippen LogP contribution < -0.4 is 5.32 Å². The maximum Gasteiger partial charge on any atom is 0.240 e. The van der Waals surface area contributed by atoms with Crippen LogP contribution in [0.4, 0.5) is 0 Å². The van der Waals surface area contributed by atoms with Crippen LogP contribution in [0.5, 0.6) is 0 Å². The normalized spacial score (nSPS) is 12.9. The molecular formula is C11H15N3OS. The van der Waals surface area contributed by atoms with Gasteiger partial charge in [0.25, 0.3) is 0 Å². The van der Waals surface area contributed by atoms with Crippen molar-refractivity contribution in [2.75, 3.05) is 0 Å². The Bertz CT molecular complexity index is 424. The summed E-state index contributed by atoms with van der Waals surface area (Å²) in [5, 5.41) is 11.3. The van der Waals surface area contributed by atoms with Gasteiger partial charge in [0.05, 0.1) is 6.54 Å². The minimum atomic E-state index is 0.469. The summed E-state index contributed by atoms with van der Waals surface area (Å²) in [5.41, 5.74) is 1.02. The molecule has 2 rings (SSSR count). The van der Waals surface area contributed by atoms with Crippen molar-refractivity contribution in [1.29, 1.82) is 0 Å². The monoisotopic (exact) mass is 237 g/mol. The van der Waals surface area contributed by atoms with E-state index in [0.29, 0.717) is 24.3 Å². The van der Waals surface area contributed by atoms with E-state index in [9.17, 15) is 0 Å². The first kappa shape index (κ1) is 11.3. The first-order chi connectivity index (χ1) is 7.79. The lowest BCUT2D eigenvalue weighted by molar-refractivity contribution is 0.358. The molecular weight excluding hydrogens is 222 g/mol. The molecule has 0 aliphatic rings. The van der Waals surface area contributed by atoms with Gasteiger partial charge in [0, 0.05) is 17.0 Å². The topological polar surface area (TPSA) is 51.0 Å². The van der Waals surface area contributed by atoms with Crippen LogP contribution in [0.2, 0.25) is 0 Å². The van der Waals surface area contributed by atoms with Gasteiger partial charge in [-0.05, 0) is 24.8 Å². The molecule has 16 heavy (non-hydrogen) atoms. The van der Waals surface area contributed by atoms with Crippen molar-refractivity contribution in [3.05, 3.63) is 22.7 Å². The molecule has 5 heteroatoms. The Morgan fingerprint density at radius 3 is 3.12 bits per heavy atom. The quantitative estimate of drug-likeness (QED) is 0.868. The van der Waals surface area contributed by atoms with E-state index >= 15 is 0 Å². The van der Waals surface area contributed by atoms with Crippen molar-refractivity contribution in [3.63, 3.8) is 0 Å². The zero-order valence-corrected chi connectivity index (χ0v) is 10.3. The van der Waals surface area contributed by atoms with E-state index in [1.54, 1.807) is 11.3 Å². The smallest absolute Gasteiger partial charge is 0.240 e. The van der Waals surface area contributed by atoms with Crippen LogP contribution in [0.25, 0.3) is 11.4 Å². The van der Waals surface area contributed by atoms with Gasteiger partial charge in [0.2, 0.25) is 11.7 Å². The van der Waals surface area contributed by atoms with E-state index in [0.717, 1.165) is 12.0 Å². The zero-order chi connectivity index (χ0) is 11.4. The van der Waals surface area contributed by atoms with Gasteiger partial charge in [0.15, 0.2) is 0 Å². The third-order valence-electron chi connectivity index (χ3n) is 2.46. The summed E-state index contributed by atoms with van der Waals surface area (Å²) < 4.78 is 5.16. The SMILES string of the molecule is CCC(C)NCc1nc(-c2ccsc2)no1. The number of hydrogen-bond acceptors (Lipinski definition) is 5. The van der Waals surface area contributed by atoms with E-state index in [-0.39, 0.29) is 0 Å². The highest BCUT2D eigenvalue weighted by molar-refractivity contribution is 7.08. The number of aromatic nitrogens is 2. The third-order valence-corrected chi connectivity index (χ3v) is 3.14. The number of hydrogen-bond donors (Lipinski definition) is 1. The minimum absolute atomic E-state index is 0.469. The first-order valence-electron chi connectivity index (χ1n) is 5.38. The Kier molecular flexibility index (Phi) is 3.69. The molecule has 0 amide bonds. The second kappa shape index (κ2) is 5.23. The highest BCUT2D eigenvalue weighted by Gasteiger charge is 2.09. The largest absolute Gasteiger partial charge is 0.338 e. The molecule has 86 valence electrons. The highest BCUT2D eigenvalue weighted by atomic mass is 32.1. The van der Waals surface area contributed by atoms with Crippen molar-refractivity contribution < 1.29 is 4.52 Å². The molecule has 0 aromatic carbocycles. The lowest BCUT2D eigenvalue weighted by Gasteiger charge is -2.07. The lowest BCUT2D eigenvalue weighted by Crippen LogP contribution is -2.24. The van der Waals surface area contributed by atoms with Gasteiger partial charge in [-0.3, -0.25) is 0 Å². The molecule has 0 saturated carbocycles. The molecule has 0 bridgehead atoms. The van der Waals surface area contributed by atoms with Crippen LogP contribution in [0.3, 0.4) is 0 Å². The second-order valence-electron chi connectivity index (χ2n) is 3.71. The molecule has 0 aliphatic heterocycles. The molecule has 2 aromatic heterocycles. The minimum Gasteiger partial charge on any atom is -0.338 e. The van der Waals surface area contributed by atoms with Crippen LogP contribution in [0.15, 0.2) is 21.3 Å². The molecule has 0 spiro atoms. The summed E-state index contributed by atoms with van der Waals surface area (Å²) in [7, 11) is 0. The number of nitrogens with one attached hydrogen (secondary N) is 1.